The van der Waals surface area contributed by atoms with Crippen molar-refractivity contribution < 1.29 is 19.2 Å². The Labute approximate surface area is 152 Å². The van der Waals surface area contributed by atoms with Gasteiger partial charge in [-0.3, -0.25) is 19.3 Å². The number of benzene rings is 1. The molecule has 3 rings (SSSR count). The van der Waals surface area contributed by atoms with E-state index in [2.05, 4.69) is 10.6 Å². The first-order valence-electron chi connectivity index (χ1n) is 8.96. The highest BCUT2D eigenvalue weighted by Crippen LogP contribution is 2.33. The van der Waals surface area contributed by atoms with Gasteiger partial charge < -0.3 is 10.6 Å². The van der Waals surface area contributed by atoms with Crippen molar-refractivity contribution in [1.29, 1.82) is 0 Å². The minimum atomic E-state index is -0.756. The molecule has 0 bridgehead atoms. The van der Waals surface area contributed by atoms with Crippen LogP contribution in [0.3, 0.4) is 0 Å². The summed E-state index contributed by atoms with van der Waals surface area (Å²) in [5, 5.41) is 5.55. The Morgan fingerprint density at radius 1 is 1.12 bits per heavy atom. The van der Waals surface area contributed by atoms with Crippen molar-refractivity contribution >= 4 is 29.3 Å². The molecule has 1 heterocycles. The van der Waals surface area contributed by atoms with E-state index in [1.165, 1.54) is 6.92 Å². The Hall–Kier alpha value is -2.70. The van der Waals surface area contributed by atoms with Crippen LogP contribution in [0.15, 0.2) is 24.3 Å². The molecular formula is C19H23N3O4. The van der Waals surface area contributed by atoms with Gasteiger partial charge in [0, 0.05) is 24.2 Å². The third kappa shape index (κ3) is 3.61. The van der Waals surface area contributed by atoms with Crippen LogP contribution in [0.2, 0.25) is 0 Å². The van der Waals surface area contributed by atoms with Gasteiger partial charge in [-0.25, -0.2) is 4.79 Å². The zero-order valence-electron chi connectivity index (χ0n) is 14.8. The number of hydrogen-bond donors (Lipinski definition) is 2. The fourth-order valence-electron chi connectivity index (χ4n) is 3.60. The number of imide groups is 1. The lowest BCUT2D eigenvalue weighted by Crippen LogP contribution is -2.48. The number of anilines is 1. The summed E-state index contributed by atoms with van der Waals surface area (Å²) in [4.78, 5) is 49.3. The lowest BCUT2D eigenvalue weighted by molar-refractivity contribution is -0.132. The Kier molecular flexibility index (Phi) is 5.06. The first-order valence-corrected chi connectivity index (χ1v) is 8.96. The lowest BCUT2D eigenvalue weighted by atomic mass is 9.82. The topological polar surface area (TPSA) is 95.6 Å². The smallest absolute Gasteiger partial charge is 0.325 e. The van der Waals surface area contributed by atoms with Gasteiger partial charge in [0.1, 0.15) is 5.54 Å². The zero-order chi connectivity index (χ0) is 18.7. The number of carbonyl (C=O) groups excluding carboxylic acids is 4. The molecular weight excluding hydrogens is 334 g/mol. The molecule has 0 unspecified atom stereocenters. The lowest BCUT2D eigenvalue weighted by Gasteiger charge is -2.30. The van der Waals surface area contributed by atoms with Gasteiger partial charge >= 0.3 is 6.03 Å². The molecule has 1 saturated carbocycles. The van der Waals surface area contributed by atoms with Crippen LogP contribution in [-0.4, -0.2) is 40.6 Å². The molecule has 1 aromatic rings. The fourth-order valence-corrected chi connectivity index (χ4v) is 3.60. The molecule has 1 aromatic carbocycles. The Bertz CT molecular complexity index is 736. The molecule has 26 heavy (non-hydrogen) atoms. The van der Waals surface area contributed by atoms with Gasteiger partial charge in [-0.05, 0) is 44.0 Å². The van der Waals surface area contributed by atoms with E-state index in [0.29, 0.717) is 24.1 Å². The number of rotatable bonds is 5. The van der Waals surface area contributed by atoms with Crippen molar-refractivity contribution in [2.75, 3.05) is 11.9 Å². The summed E-state index contributed by atoms with van der Waals surface area (Å²) in [6.07, 6.45) is 4.30. The molecule has 7 nitrogen and oxygen atoms in total. The van der Waals surface area contributed by atoms with Crippen molar-refractivity contribution in [3.05, 3.63) is 29.8 Å². The minimum Gasteiger partial charge on any atom is -0.326 e. The Morgan fingerprint density at radius 3 is 2.38 bits per heavy atom. The Balaban J connectivity index is 1.55. The molecule has 1 aliphatic heterocycles. The van der Waals surface area contributed by atoms with E-state index in [9.17, 15) is 19.2 Å². The van der Waals surface area contributed by atoms with Crippen LogP contribution in [0.25, 0.3) is 0 Å². The van der Waals surface area contributed by atoms with Crippen molar-refractivity contribution in [3.8, 4) is 0 Å². The number of urea groups is 1. The molecule has 7 heteroatoms. The fraction of sp³-hybridized carbons (Fsp3) is 0.474. The summed E-state index contributed by atoms with van der Waals surface area (Å²) in [5.41, 5.74) is 0.384. The Morgan fingerprint density at radius 2 is 1.77 bits per heavy atom. The van der Waals surface area contributed by atoms with Crippen LogP contribution in [-0.2, 0) is 9.59 Å². The summed E-state index contributed by atoms with van der Waals surface area (Å²) >= 11 is 0. The van der Waals surface area contributed by atoms with E-state index < -0.39 is 11.6 Å². The third-order valence-corrected chi connectivity index (χ3v) is 5.09. The third-order valence-electron chi connectivity index (χ3n) is 5.09. The monoisotopic (exact) mass is 357 g/mol. The highest BCUT2D eigenvalue weighted by Gasteiger charge is 2.50. The maximum atomic E-state index is 12.6. The molecule has 138 valence electrons. The standard InChI is InChI=1S/C19H23N3O4/c1-13(23)14-5-7-15(8-6-14)20-16(24)9-12-22-17(25)19(21-18(22)26)10-3-2-4-11-19/h5-8H,2-4,9-12H2,1H3,(H,20,24)(H,21,26). The molecule has 2 aliphatic rings. The maximum Gasteiger partial charge on any atom is 0.325 e. The van der Waals surface area contributed by atoms with Crippen molar-refractivity contribution in [2.45, 2.75) is 51.0 Å². The zero-order valence-corrected chi connectivity index (χ0v) is 14.8. The minimum absolute atomic E-state index is 0.0314. The van der Waals surface area contributed by atoms with Crippen LogP contribution in [0, 0.1) is 0 Å². The number of hydrogen-bond acceptors (Lipinski definition) is 4. The van der Waals surface area contributed by atoms with Gasteiger partial charge in [-0.2, -0.15) is 0 Å². The second kappa shape index (κ2) is 7.27. The highest BCUT2D eigenvalue weighted by molar-refractivity contribution is 6.07. The first-order chi connectivity index (χ1) is 12.4. The van der Waals surface area contributed by atoms with Gasteiger partial charge in [0.05, 0.1) is 0 Å². The average molecular weight is 357 g/mol. The van der Waals surface area contributed by atoms with Crippen LogP contribution in [0.4, 0.5) is 10.5 Å². The van der Waals surface area contributed by atoms with Gasteiger partial charge in [-0.1, -0.05) is 19.3 Å². The quantitative estimate of drug-likeness (QED) is 0.625. The summed E-state index contributed by atoms with van der Waals surface area (Å²) < 4.78 is 0. The van der Waals surface area contributed by atoms with Crippen molar-refractivity contribution in [2.24, 2.45) is 0 Å². The van der Waals surface area contributed by atoms with E-state index in [1.807, 2.05) is 0 Å². The van der Waals surface area contributed by atoms with E-state index in [4.69, 9.17) is 0 Å². The molecule has 4 amide bonds. The molecule has 1 spiro atoms. The first kappa shape index (κ1) is 18.1. The van der Waals surface area contributed by atoms with Crippen LogP contribution < -0.4 is 10.6 Å². The maximum absolute atomic E-state index is 12.6. The SMILES string of the molecule is CC(=O)c1ccc(NC(=O)CCN2C(=O)NC3(CCCCC3)C2=O)cc1. The number of nitrogens with zero attached hydrogens (tertiary/aromatic N) is 1. The van der Waals surface area contributed by atoms with E-state index in [1.54, 1.807) is 24.3 Å². The van der Waals surface area contributed by atoms with Gasteiger partial charge in [-0.15, -0.1) is 0 Å². The molecule has 2 fully saturated rings. The van der Waals surface area contributed by atoms with Crippen molar-refractivity contribution in [1.82, 2.24) is 10.2 Å². The second-order valence-electron chi connectivity index (χ2n) is 6.96. The summed E-state index contributed by atoms with van der Waals surface area (Å²) in [5.74, 6) is -0.537. The van der Waals surface area contributed by atoms with E-state index in [-0.39, 0.29) is 30.6 Å². The van der Waals surface area contributed by atoms with Crippen LogP contribution in [0.5, 0.6) is 0 Å². The van der Waals surface area contributed by atoms with Gasteiger partial charge in [0.2, 0.25) is 5.91 Å². The summed E-state index contributed by atoms with van der Waals surface area (Å²) in [7, 11) is 0. The van der Waals surface area contributed by atoms with Crippen LogP contribution >= 0.6 is 0 Å². The number of Topliss-reactive ketones (excluding diaryl/α,β-unsaturated/α-hetero) is 1. The van der Waals surface area contributed by atoms with Crippen molar-refractivity contribution in [3.63, 3.8) is 0 Å². The number of ketones is 1. The predicted octanol–water partition coefficient (Wildman–Crippen LogP) is 2.47. The normalized spacial score (nSPS) is 18.7. The van der Waals surface area contributed by atoms with Crippen LogP contribution in [0.1, 0.15) is 55.8 Å². The van der Waals surface area contributed by atoms with Gasteiger partial charge in [0.15, 0.2) is 5.78 Å². The molecule has 0 radical (unpaired) electrons. The second-order valence-corrected chi connectivity index (χ2v) is 6.96. The number of carbonyl (C=O) groups is 4. The summed E-state index contributed by atoms with van der Waals surface area (Å²) in [6, 6.07) is 6.18. The predicted molar refractivity (Wildman–Crippen MR) is 95.8 cm³/mol. The molecule has 2 N–H and O–H groups in total. The molecule has 0 aromatic heterocycles. The number of amides is 4. The highest BCUT2D eigenvalue weighted by atomic mass is 16.2. The van der Waals surface area contributed by atoms with Gasteiger partial charge in [0.25, 0.3) is 5.91 Å². The largest absolute Gasteiger partial charge is 0.326 e. The summed E-state index contributed by atoms with van der Waals surface area (Å²) in [6.45, 7) is 1.54. The molecule has 1 aliphatic carbocycles. The van der Waals surface area contributed by atoms with E-state index in [0.717, 1.165) is 24.2 Å². The molecule has 1 saturated heterocycles. The number of nitrogens with one attached hydrogen (secondary N) is 2. The van der Waals surface area contributed by atoms with E-state index >= 15 is 0 Å². The average Bonchev–Trinajstić information content (AvgIpc) is 2.84. The molecule has 0 atom stereocenters.